The maximum Gasteiger partial charge on any atom is 0.122 e. The molecule has 2 unspecified atom stereocenters. The summed E-state index contributed by atoms with van der Waals surface area (Å²) in [5.74, 6) is 1.39. The van der Waals surface area contributed by atoms with Gasteiger partial charge in [0.1, 0.15) is 5.75 Å². The second-order valence-electron chi connectivity index (χ2n) is 4.84. The highest BCUT2D eigenvalue weighted by molar-refractivity contribution is 7.10. The lowest BCUT2D eigenvalue weighted by Gasteiger charge is -2.29. The van der Waals surface area contributed by atoms with Crippen LogP contribution in [0.4, 0.5) is 0 Å². The van der Waals surface area contributed by atoms with E-state index in [0.29, 0.717) is 12.5 Å². The first-order chi connectivity index (χ1) is 8.75. The maximum atomic E-state index is 6.40. The van der Waals surface area contributed by atoms with Crippen molar-refractivity contribution in [3.8, 4) is 5.75 Å². The Bertz CT molecular complexity index is 549. The van der Waals surface area contributed by atoms with Crippen LogP contribution >= 0.6 is 11.3 Å². The molecule has 0 spiro atoms. The Morgan fingerprint density at radius 3 is 2.94 bits per heavy atom. The van der Waals surface area contributed by atoms with Gasteiger partial charge in [-0.3, -0.25) is 0 Å². The van der Waals surface area contributed by atoms with Gasteiger partial charge in [-0.2, -0.15) is 0 Å². The zero-order valence-electron chi connectivity index (χ0n) is 10.4. The number of ether oxygens (including phenoxy) is 1. The third-order valence-electron chi connectivity index (χ3n) is 3.67. The van der Waals surface area contributed by atoms with Gasteiger partial charge in [-0.05, 0) is 42.0 Å². The van der Waals surface area contributed by atoms with E-state index in [0.717, 1.165) is 12.2 Å². The van der Waals surface area contributed by atoms with Gasteiger partial charge in [0.05, 0.1) is 6.61 Å². The van der Waals surface area contributed by atoms with Crippen molar-refractivity contribution in [3.05, 3.63) is 51.7 Å². The molecule has 0 aliphatic carbocycles. The predicted molar refractivity (Wildman–Crippen MR) is 75.1 cm³/mol. The molecule has 3 rings (SSSR count). The van der Waals surface area contributed by atoms with E-state index in [9.17, 15) is 0 Å². The SMILES string of the molecule is Cc1sccc1C(N)C1COc2ccccc2C1. The van der Waals surface area contributed by atoms with Gasteiger partial charge in [0.15, 0.2) is 0 Å². The molecule has 2 aromatic rings. The van der Waals surface area contributed by atoms with E-state index in [1.165, 1.54) is 16.0 Å². The van der Waals surface area contributed by atoms with Gasteiger partial charge >= 0.3 is 0 Å². The number of thiophene rings is 1. The fraction of sp³-hybridized carbons (Fsp3) is 0.333. The first kappa shape index (κ1) is 11.8. The molecule has 2 N–H and O–H groups in total. The summed E-state index contributed by atoms with van der Waals surface area (Å²) < 4.78 is 5.82. The Hall–Kier alpha value is -1.32. The maximum absolute atomic E-state index is 6.40. The summed E-state index contributed by atoms with van der Waals surface area (Å²) in [4.78, 5) is 1.32. The van der Waals surface area contributed by atoms with Crippen LogP contribution in [0.25, 0.3) is 0 Å². The molecule has 1 aromatic heterocycles. The van der Waals surface area contributed by atoms with Crippen molar-refractivity contribution in [2.75, 3.05) is 6.61 Å². The van der Waals surface area contributed by atoms with Gasteiger partial charge in [-0.25, -0.2) is 0 Å². The van der Waals surface area contributed by atoms with Crippen LogP contribution in [0.5, 0.6) is 5.75 Å². The van der Waals surface area contributed by atoms with Crippen molar-refractivity contribution >= 4 is 11.3 Å². The molecule has 2 nitrogen and oxygen atoms in total. The molecule has 94 valence electrons. The fourth-order valence-corrected chi connectivity index (χ4v) is 3.34. The zero-order chi connectivity index (χ0) is 12.5. The van der Waals surface area contributed by atoms with E-state index in [4.69, 9.17) is 10.5 Å². The molecule has 2 heterocycles. The topological polar surface area (TPSA) is 35.2 Å². The quantitative estimate of drug-likeness (QED) is 0.898. The van der Waals surface area contributed by atoms with E-state index >= 15 is 0 Å². The molecule has 0 saturated carbocycles. The number of fused-ring (bicyclic) bond motifs is 1. The largest absolute Gasteiger partial charge is 0.493 e. The Labute approximate surface area is 111 Å². The lowest BCUT2D eigenvalue weighted by molar-refractivity contribution is 0.200. The lowest BCUT2D eigenvalue weighted by Crippen LogP contribution is -2.31. The number of aryl methyl sites for hydroxylation is 1. The van der Waals surface area contributed by atoms with Crippen molar-refractivity contribution in [3.63, 3.8) is 0 Å². The molecule has 18 heavy (non-hydrogen) atoms. The van der Waals surface area contributed by atoms with Gasteiger partial charge in [0.25, 0.3) is 0 Å². The minimum atomic E-state index is 0.0737. The van der Waals surface area contributed by atoms with Crippen LogP contribution in [0.1, 0.15) is 22.0 Å². The Kier molecular flexibility index (Phi) is 3.10. The summed E-state index contributed by atoms with van der Waals surface area (Å²) in [6.45, 7) is 2.85. The summed E-state index contributed by atoms with van der Waals surface area (Å²) in [6, 6.07) is 10.5. The van der Waals surface area contributed by atoms with Crippen molar-refractivity contribution in [1.82, 2.24) is 0 Å². The minimum Gasteiger partial charge on any atom is -0.493 e. The summed E-state index contributed by atoms with van der Waals surface area (Å²) in [5.41, 5.74) is 8.95. The lowest BCUT2D eigenvalue weighted by atomic mass is 9.87. The van der Waals surface area contributed by atoms with Gasteiger partial charge in [-0.15, -0.1) is 11.3 Å². The standard InChI is InChI=1S/C15H17NOS/c1-10-13(6-7-18-10)15(16)12-8-11-4-2-3-5-14(11)17-9-12/h2-7,12,15H,8-9,16H2,1H3. The summed E-state index contributed by atoms with van der Waals surface area (Å²) in [6.07, 6.45) is 1.01. The number of benzene rings is 1. The third kappa shape index (κ3) is 2.04. The van der Waals surface area contributed by atoms with E-state index in [-0.39, 0.29) is 6.04 Å². The van der Waals surface area contributed by atoms with Crippen molar-refractivity contribution in [2.24, 2.45) is 11.7 Å². The van der Waals surface area contributed by atoms with Gasteiger partial charge in [0, 0.05) is 16.8 Å². The molecule has 1 aliphatic rings. The number of hydrogen-bond donors (Lipinski definition) is 1. The zero-order valence-corrected chi connectivity index (χ0v) is 11.2. The highest BCUT2D eigenvalue weighted by Gasteiger charge is 2.27. The Morgan fingerprint density at radius 2 is 2.17 bits per heavy atom. The van der Waals surface area contributed by atoms with Crippen LogP contribution in [0.2, 0.25) is 0 Å². The van der Waals surface area contributed by atoms with Crippen LogP contribution in [0.15, 0.2) is 35.7 Å². The Balaban J connectivity index is 1.82. The van der Waals surface area contributed by atoms with Crippen LogP contribution in [-0.2, 0) is 6.42 Å². The summed E-state index contributed by atoms with van der Waals surface area (Å²) in [5, 5.41) is 2.11. The van der Waals surface area contributed by atoms with E-state index in [2.05, 4.69) is 30.5 Å². The number of hydrogen-bond acceptors (Lipinski definition) is 3. The van der Waals surface area contributed by atoms with E-state index in [1.807, 2.05) is 12.1 Å². The molecule has 0 radical (unpaired) electrons. The molecule has 1 aliphatic heterocycles. The van der Waals surface area contributed by atoms with Crippen molar-refractivity contribution < 1.29 is 4.74 Å². The second-order valence-corrected chi connectivity index (χ2v) is 5.96. The molecular weight excluding hydrogens is 242 g/mol. The van der Waals surface area contributed by atoms with Crippen LogP contribution < -0.4 is 10.5 Å². The molecule has 3 heteroatoms. The molecule has 2 atom stereocenters. The average molecular weight is 259 g/mol. The molecule has 0 fully saturated rings. The van der Waals surface area contributed by atoms with Crippen LogP contribution in [-0.4, -0.2) is 6.61 Å². The number of nitrogens with two attached hydrogens (primary N) is 1. The monoisotopic (exact) mass is 259 g/mol. The fourth-order valence-electron chi connectivity index (χ4n) is 2.58. The molecule has 1 aromatic carbocycles. The highest BCUT2D eigenvalue weighted by Crippen LogP contribution is 2.34. The second kappa shape index (κ2) is 4.75. The number of para-hydroxylation sites is 1. The van der Waals surface area contributed by atoms with Gasteiger partial charge in [-0.1, -0.05) is 18.2 Å². The van der Waals surface area contributed by atoms with Crippen LogP contribution in [0.3, 0.4) is 0 Å². The first-order valence-corrected chi connectivity index (χ1v) is 7.14. The predicted octanol–water partition coefficient (Wildman–Crippen LogP) is 3.31. The number of rotatable bonds is 2. The molecule has 0 amide bonds. The van der Waals surface area contributed by atoms with Crippen molar-refractivity contribution in [2.45, 2.75) is 19.4 Å². The summed E-state index contributed by atoms with van der Waals surface area (Å²) in [7, 11) is 0. The van der Waals surface area contributed by atoms with Crippen LogP contribution in [0, 0.1) is 12.8 Å². The minimum absolute atomic E-state index is 0.0737. The highest BCUT2D eigenvalue weighted by atomic mass is 32.1. The van der Waals surface area contributed by atoms with E-state index in [1.54, 1.807) is 11.3 Å². The summed E-state index contributed by atoms with van der Waals surface area (Å²) >= 11 is 1.76. The Morgan fingerprint density at radius 1 is 1.33 bits per heavy atom. The normalized spacial score (nSPS) is 20.0. The molecular formula is C15H17NOS. The molecule has 0 saturated heterocycles. The van der Waals surface area contributed by atoms with Crippen molar-refractivity contribution in [1.29, 1.82) is 0 Å². The smallest absolute Gasteiger partial charge is 0.122 e. The van der Waals surface area contributed by atoms with E-state index < -0.39 is 0 Å². The third-order valence-corrected chi connectivity index (χ3v) is 4.53. The molecule has 0 bridgehead atoms. The first-order valence-electron chi connectivity index (χ1n) is 6.26. The van der Waals surface area contributed by atoms with Gasteiger partial charge < -0.3 is 10.5 Å². The van der Waals surface area contributed by atoms with Gasteiger partial charge in [0.2, 0.25) is 0 Å². The average Bonchev–Trinajstić information content (AvgIpc) is 2.83.